The SMILES string of the molecule is CCCNc1cc(N2CCCC2CC)nc(COCC)n1. The largest absolute Gasteiger partial charge is 0.374 e. The van der Waals surface area contributed by atoms with E-state index in [1.165, 1.54) is 19.3 Å². The lowest BCUT2D eigenvalue weighted by atomic mass is 10.2. The molecule has 118 valence electrons. The Morgan fingerprint density at radius 3 is 2.90 bits per heavy atom. The second-order valence-electron chi connectivity index (χ2n) is 5.49. The Balaban J connectivity index is 2.21. The minimum Gasteiger partial charge on any atom is -0.374 e. The highest BCUT2D eigenvalue weighted by Crippen LogP contribution is 2.27. The first-order chi connectivity index (χ1) is 10.3. The maximum absolute atomic E-state index is 5.48. The Labute approximate surface area is 128 Å². The number of nitrogens with one attached hydrogen (secondary N) is 1. The maximum atomic E-state index is 5.48. The first-order valence-electron chi connectivity index (χ1n) is 8.24. The molecule has 0 aromatic carbocycles. The summed E-state index contributed by atoms with van der Waals surface area (Å²) in [5.74, 6) is 2.73. The highest BCUT2D eigenvalue weighted by atomic mass is 16.5. The molecule has 5 heteroatoms. The summed E-state index contributed by atoms with van der Waals surface area (Å²) in [6.07, 6.45) is 4.77. The van der Waals surface area contributed by atoms with E-state index < -0.39 is 0 Å². The van der Waals surface area contributed by atoms with Gasteiger partial charge in [-0.2, -0.15) is 0 Å². The lowest BCUT2D eigenvalue weighted by Gasteiger charge is -2.25. The molecular weight excluding hydrogens is 264 g/mol. The van der Waals surface area contributed by atoms with E-state index in [1.807, 2.05) is 6.92 Å². The van der Waals surface area contributed by atoms with Gasteiger partial charge in [0.25, 0.3) is 0 Å². The summed E-state index contributed by atoms with van der Waals surface area (Å²) in [5.41, 5.74) is 0. The minimum absolute atomic E-state index is 0.482. The van der Waals surface area contributed by atoms with E-state index in [1.54, 1.807) is 0 Å². The topological polar surface area (TPSA) is 50.3 Å². The van der Waals surface area contributed by atoms with Crippen LogP contribution in [0.1, 0.15) is 52.3 Å². The molecule has 1 unspecified atom stereocenters. The lowest BCUT2D eigenvalue weighted by Crippen LogP contribution is -2.29. The number of aromatic nitrogens is 2. The smallest absolute Gasteiger partial charge is 0.158 e. The van der Waals surface area contributed by atoms with Crippen LogP contribution in [0, 0.1) is 0 Å². The van der Waals surface area contributed by atoms with E-state index in [4.69, 9.17) is 9.72 Å². The van der Waals surface area contributed by atoms with Crippen molar-refractivity contribution in [1.82, 2.24) is 9.97 Å². The van der Waals surface area contributed by atoms with Crippen molar-refractivity contribution in [3.63, 3.8) is 0 Å². The number of rotatable bonds is 8. The zero-order valence-corrected chi connectivity index (χ0v) is 13.6. The average Bonchev–Trinajstić information content (AvgIpc) is 2.99. The second-order valence-corrected chi connectivity index (χ2v) is 5.49. The summed E-state index contributed by atoms with van der Waals surface area (Å²) < 4.78 is 5.48. The van der Waals surface area contributed by atoms with Crippen LogP contribution in [0.5, 0.6) is 0 Å². The van der Waals surface area contributed by atoms with Gasteiger partial charge >= 0.3 is 0 Å². The monoisotopic (exact) mass is 292 g/mol. The van der Waals surface area contributed by atoms with Crippen LogP contribution >= 0.6 is 0 Å². The molecule has 1 aromatic rings. The molecule has 21 heavy (non-hydrogen) atoms. The zero-order valence-electron chi connectivity index (χ0n) is 13.6. The van der Waals surface area contributed by atoms with Crippen molar-refractivity contribution in [3.8, 4) is 0 Å². The van der Waals surface area contributed by atoms with Crippen LogP contribution in [0.2, 0.25) is 0 Å². The Bertz CT molecular complexity index is 412. The molecule has 5 nitrogen and oxygen atoms in total. The van der Waals surface area contributed by atoms with Crippen molar-refractivity contribution < 1.29 is 4.74 Å². The molecule has 0 spiro atoms. The molecule has 0 bridgehead atoms. The molecule has 2 rings (SSSR count). The highest BCUT2D eigenvalue weighted by Gasteiger charge is 2.24. The van der Waals surface area contributed by atoms with Crippen molar-refractivity contribution in [2.24, 2.45) is 0 Å². The molecule has 1 aliphatic rings. The van der Waals surface area contributed by atoms with E-state index in [0.29, 0.717) is 19.3 Å². The quantitative estimate of drug-likeness (QED) is 0.797. The number of hydrogen-bond acceptors (Lipinski definition) is 5. The zero-order chi connectivity index (χ0) is 15.1. The highest BCUT2D eigenvalue weighted by molar-refractivity contribution is 5.50. The summed E-state index contributed by atoms with van der Waals surface area (Å²) in [4.78, 5) is 11.7. The van der Waals surface area contributed by atoms with Gasteiger partial charge in [-0.15, -0.1) is 0 Å². The van der Waals surface area contributed by atoms with Gasteiger partial charge in [0.15, 0.2) is 5.82 Å². The third kappa shape index (κ3) is 4.30. The Morgan fingerprint density at radius 1 is 1.33 bits per heavy atom. The molecule has 0 aliphatic carbocycles. The standard InChI is InChI=1S/C16H28N4O/c1-4-9-17-14-11-16(19-15(18-14)12-21-6-3)20-10-7-8-13(20)5-2/h11,13H,4-10,12H2,1-3H3,(H,17,18,19). The molecule has 0 amide bonds. The second kappa shape index (κ2) is 8.17. The molecule has 1 aromatic heterocycles. The van der Waals surface area contributed by atoms with Crippen LogP contribution in [-0.2, 0) is 11.3 Å². The molecule has 1 fully saturated rings. The lowest BCUT2D eigenvalue weighted by molar-refractivity contribution is 0.128. The molecule has 1 N–H and O–H groups in total. The number of ether oxygens (including phenoxy) is 1. The fourth-order valence-electron chi connectivity index (χ4n) is 2.79. The van der Waals surface area contributed by atoms with Gasteiger partial charge in [0, 0.05) is 31.8 Å². The molecule has 1 saturated heterocycles. The van der Waals surface area contributed by atoms with Gasteiger partial charge in [0.2, 0.25) is 0 Å². The molecule has 0 saturated carbocycles. The Hall–Kier alpha value is -1.36. The molecule has 1 aliphatic heterocycles. The molecule has 2 heterocycles. The first kappa shape index (κ1) is 16.0. The van der Waals surface area contributed by atoms with Gasteiger partial charge in [0.1, 0.15) is 18.2 Å². The van der Waals surface area contributed by atoms with Crippen LogP contribution in [0.4, 0.5) is 11.6 Å². The van der Waals surface area contributed by atoms with E-state index in [9.17, 15) is 0 Å². The van der Waals surface area contributed by atoms with Crippen molar-refractivity contribution in [3.05, 3.63) is 11.9 Å². The van der Waals surface area contributed by atoms with Crippen molar-refractivity contribution >= 4 is 11.6 Å². The van der Waals surface area contributed by atoms with Gasteiger partial charge in [0.05, 0.1) is 0 Å². The van der Waals surface area contributed by atoms with Gasteiger partial charge < -0.3 is 15.0 Å². The fourth-order valence-corrected chi connectivity index (χ4v) is 2.79. The Morgan fingerprint density at radius 2 is 2.19 bits per heavy atom. The number of nitrogens with zero attached hydrogens (tertiary/aromatic N) is 3. The summed E-state index contributed by atoms with van der Waals surface area (Å²) >= 11 is 0. The third-order valence-corrected chi connectivity index (χ3v) is 3.89. The van der Waals surface area contributed by atoms with E-state index >= 15 is 0 Å². The average molecular weight is 292 g/mol. The number of hydrogen-bond donors (Lipinski definition) is 1. The van der Waals surface area contributed by atoms with Crippen molar-refractivity contribution in [2.75, 3.05) is 29.9 Å². The minimum atomic E-state index is 0.482. The Kier molecular flexibility index (Phi) is 6.23. The summed E-state index contributed by atoms with van der Waals surface area (Å²) in [7, 11) is 0. The van der Waals surface area contributed by atoms with E-state index in [2.05, 4.69) is 35.1 Å². The van der Waals surface area contributed by atoms with Crippen molar-refractivity contribution in [2.45, 2.75) is 59.1 Å². The predicted molar refractivity (Wildman–Crippen MR) is 86.8 cm³/mol. The van der Waals surface area contributed by atoms with E-state index in [0.717, 1.165) is 37.0 Å². The van der Waals surface area contributed by atoms with Crippen LogP contribution in [-0.4, -0.2) is 35.7 Å². The molecule has 1 atom stereocenters. The fraction of sp³-hybridized carbons (Fsp3) is 0.750. The molecular formula is C16H28N4O. The maximum Gasteiger partial charge on any atom is 0.158 e. The van der Waals surface area contributed by atoms with Crippen LogP contribution in [0.15, 0.2) is 6.07 Å². The van der Waals surface area contributed by atoms with Gasteiger partial charge in [-0.05, 0) is 32.6 Å². The first-order valence-corrected chi connectivity index (χ1v) is 8.24. The van der Waals surface area contributed by atoms with Crippen LogP contribution in [0.25, 0.3) is 0 Å². The van der Waals surface area contributed by atoms with Crippen LogP contribution < -0.4 is 10.2 Å². The van der Waals surface area contributed by atoms with Gasteiger partial charge in [-0.3, -0.25) is 0 Å². The van der Waals surface area contributed by atoms with Gasteiger partial charge in [-0.25, -0.2) is 9.97 Å². The number of anilines is 2. The van der Waals surface area contributed by atoms with Gasteiger partial charge in [-0.1, -0.05) is 13.8 Å². The third-order valence-electron chi connectivity index (χ3n) is 3.89. The molecule has 0 radical (unpaired) electrons. The summed E-state index contributed by atoms with van der Waals surface area (Å²) in [6.45, 7) is 9.60. The normalized spacial score (nSPS) is 18.2. The van der Waals surface area contributed by atoms with Crippen LogP contribution in [0.3, 0.4) is 0 Å². The van der Waals surface area contributed by atoms with E-state index in [-0.39, 0.29) is 0 Å². The van der Waals surface area contributed by atoms with Crippen molar-refractivity contribution in [1.29, 1.82) is 0 Å². The predicted octanol–water partition coefficient (Wildman–Crippen LogP) is 3.21. The summed E-state index contributed by atoms with van der Waals surface area (Å²) in [5, 5.41) is 3.37. The summed E-state index contributed by atoms with van der Waals surface area (Å²) in [6, 6.07) is 2.69.